The number of aliphatic hydroxyl groups is 27. The van der Waals surface area contributed by atoms with E-state index in [1.165, 1.54) is 0 Å². The first-order valence-corrected chi connectivity index (χ1v) is 33.7. The number of ether oxygens (including phenoxy) is 17. The number of hydrogen-bond acceptors (Lipinski definition) is 46. The van der Waals surface area contributed by atoms with Gasteiger partial charge in [0.05, 0.1) is 59.5 Å². The lowest BCUT2D eigenvalue weighted by Gasteiger charge is -2.51. The summed E-state index contributed by atoms with van der Waals surface area (Å²) in [6.45, 7) is -7.75. The summed E-state index contributed by atoms with van der Waals surface area (Å²) in [5.74, 6) is -1.69. The van der Waals surface area contributed by atoms with Gasteiger partial charge in [0.1, 0.15) is 220 Å². The van der Waals surface area contributed by atoms with Crippen LogP contribution in [-0.4, -0.2) is 485 Å². The quantitative estimate of drug-likeness (QED) is 0.0363. The van der Waals surface area contributed by atoms with Gasteiger partial charge in [0.2, 0.25) is 11.8 Å². The monoisotopic (exact) mass is 1560 g/mol. The van der Waals surface area contributed by atoms with Crippen molar-refractivity contribution in [3.05, 3.63) is 0 Å². The fourth-order valence-corrected chi connectivity index (χ4v) is 13.6. The number of carbonyl (C=O) groups is 2. The van der Waals surface area contributed by atoms with Crippen LogP contribution in [0.2, 0.25) is 0 Å². The van der Waals surface area contributed by atoms with Crippen LogP contribution in [-0.2, 0) is 90.1 Å². The van der Waals surface area contributed by atoms with Crippen molar-refractivity contribution in [2.45, 2.75) is 290 Å². The van der Waals surface area contributed by atoms with Crippen LogP contribution in [0.4, 0.5) is 0 Å². The molecule has 9 aliphatic heterocycles. The normalized spacial score (nSPS) is 51.2. The Bertz CT molecular complexity index is 2710. The molecule has 0 aromatic rings. The standard InChI is InChI=1S/C58H98N2O46/c1-12(69)59-23-32(78)43(20(9-67)91-50(23)89)100-51-24(60-13(2)70)33(79)44(21(10-68)98-51)101-56-42(88)47(31(77)22(99-56)11-90-52-38(84)34(80)25(71)14(3-61)92-52)104-57-49(37(83)28(74)16(5-63)96-57)106-58-48(36(82)27(73)17(6-64)97-58)105-55-41(87)46(30(76)19(8-66)95-55)103-54-40(86)45(29(75)18(7-65)94-54)102-53-39(85)35(81)26(72)15(4-62)93-53/h14-58,61-68,71-89H,3-11H2,1-2H3,(H,59,69)(H,60,70)/t14-,15-,16-,17-,18-,19-,20-,21-,22-,23-,24-,25-,26+,27-,28-,29+,30-,31-,32-,33-,34+,35+,36+,37+,38+,39-,40-,41+,42+,43-,44-,45+,46+,47+,48+,49+,50-,51+,52-,53+,54+,55+,56+,57-,58-/m1/s1. The molecule has 0 spiro atoms. The van der Waals surface area contributed by atoms with Crippen LogP contribution < -0.4 is 10.6 Å². The van der Waals surface area contributed by atoms with E-state index in [1.807, 2.05) is 0 Å². The van der Waals surface area contributed by atoms with Gasteiger partial charge in [-0.25, -0.2) is 0 Å². The molecule has 0 aromatic heterocycles. The van der Waals surface area contributed by atoms with Gasteiger partial charge < -0.3 is 229 Å². The highest BCUT2D eigenvalue weighted by molar-refractivity contribution is 5.73. The average Bonchev–Trinajstić information content (AvgIpc) is 0.768. The van der Waals surface area contributed by atoms with Crippen LogP contribution in [0.15, 0.2) is 0 Å². The highest BCUT2D eigenvalue weighted by atomic mass is 16.8. The van der Waals surface area contributed by atoms with E-state index in [0.29, 0.717) is 0 Å². The molecule has 0 saturated carbocycles. The maximum absolute atomic E-state index is 12.8. The van der Waals surface area contributed by atoms with Crippen LogP contribution in [0.1, 0.15) is 13.8 Å². The summed E-state index contributed by atoms with van der Waals surface area (Å²) in [6, 6.07) is -3.50. The maximum Gasteiger partial charge on any atom is 0.217 e. The van der Waals surface area contributed by atoms with E-state index in [4.69, 9.17) is 80.5 Å². The second-order valence-corrected chi connectivity index (χ2v) is 26.7. The number of hydrogen-bond donors (Lipinski definition) is 29. The van der Waals surface area contributed by atoms with Crippen molar-refractivity contribution in [2.24, 2.45) is 0 Å². The number of aliphatic hydroxyl groups excluding tert-OH is 27. The lowest BCUT2D eigenvalue weighted by molar-refractivity contribution is -0.412. The second-order valence-electron chi connectivity index (χ2n) is 26.7. The minimum Gasteiger partial charge on any atom is -0.394 e. The molecule has 0 unspecified atom stereocenters. The molecule has 29 N–H and O–H groups in total. The molecule has 48 heteroatoms. The van der Waals surface area contributed by atoms with Gasteiger partial charge in [-0.3, -0.25) is 9.59 Å². The molecule has 9 rings (SSSR count). The van der Waals surface area contributed by atoms with E-state index < -0.39 is 348 Å². The van der Waals surface area contributed by atoms with Gasteiger partial charge in [-0.1, -0.05) is 0 Å². The Morgan fingerprint density at radius 2 is 0.509 bits per heavy atom. The molecule has 2 amide bonds. The van der Waals surface area contributed by atoms with Crippen molar-refractivity contribution in [2.75, 3.05) is 59.5 Å². The Labute approximate surface area is 598 Å². The highest BCUT2D eigenvalue weighted by Crippen LogP contribution is 2.40. The average molecular weight is 1560 g/mol. The van der Waals surface area contributed by atoms with Gasteiger partial charge in [-0.15, -0.1) is 0 Å². The van der Waals surface area contributed by atoms with Crippen molar-refractivity contribution in [1.29, 1.82) is 0 Å². The molecule has 616 valence electrons. The summed E-state index contributed by atoms with van der Waals surface area (Å²) in [5, 5.41) is 302. The minimum absolute atomic E-state index is 0.772. The Kier molecular flexibility index (Phi) is 31.1. The Hall–Kier alpha value is -2.82. The fraction of sp³-hybridized carbons (Fsp3) is 0.966. The molecule has 106 heavy (non-hydrogen) atoms. The van der Waals surface area contributed by atoms with E-state index in [9.17, 15) is 147 Å². The number of amides is 2. The molecular weight excluding hydrogens is 1460 g/mol. The SMILES string of the molecule is CC(=O)N[C@@H]1[C@@H](O)[C@H](O[C@@H]2O[C@H](CO)[C@@H](O[C@@H]3O[C@H](CO[C@@H]4O[C@H](CO)[C@@H](O)[C@H](O)[C@@H]4O)[C@@H](O)[C@H](O[C@H]4O[C@H](CO)[C@@H](O)[C@H](O)[C@@H]4O[C@H]4O[C@H](CO)[C@@H](O)[C@H](O)[C@@H]4O[C@@H]4O[C@H](CO)[C@@H](O)[C@H](O[C@@H]5O[C@H](CO)[C@H](O)[C@H](O[C@@H]6O[C@H](CO)[C@H](O)[C@H](O)[C@H]6O)[C@H]5O)[C@@H]4O)[C@@H]3O)[C@H](O)[C@H]2NC(C)=O)[C@@H](CO)O[C@H]1O. The summed E-state index contributed by atoms with van der Waals surface area (Å²) < 4.78 is 98.5. The third-order valence-electron chi connectivity index (χ3n) is 19.6. The molecule has 48 nitrogen and oxygen atoms in total. The van der Waals surface area contributed by atoms with Crippen molar-refractivity contribution in [3.63, 3.8) is 0 Å². The lowest BCUT2D eigenvalue weighted by atomic mass is 9.94. The van der Waals surface area contributed by atoms with Gasteiger partial charge >= 0.3 is 0 Å². The van der Waals surface area contributed by atoms with Gasteiger partial charge in [0, 0.05) is 13.8 Å². The topological polar surface area (TPSA) is 761 Å². The maximum atomic E-state index is 12.8. The van der Waals surface area contributed by atoms with E-state index >= 15 is 0 Å². The van der Waals surface area contributed by atoms with Crippen molar-refractivity contribution >= 4 is 11.8 Å². The van der Waals surface area contributed by atoms with Crippen LogP contribution in [0.3, 0.4) is 0 Å². The predicted molar refractivity (Wildman–Crippen MR) is 320 cm³/mol. The van der Waals surface area contributed by atoms with Crippen molar-refractivity contribution in [3.8, 4) is 0 Å². The lowest BCUT2D eigenvalue weighted by Crippen LogP contribution is -2.70. The summed E-state index contributed by atoms with van der Waals surface area (Å²) in [4.78, 5) is 24.9. The molecule has 9 saturated heterocycles. The van der Waals surface area contributed by atoms with Gasteiger partial charge in [0.25, 0.3) is 0 Å². The summed E-state index contributed by atoms with van der Waals surface area (Å²) in [5.41, 5.74) is 0. The van der Waals surface area contributed by atoms with Crippen LogP contribution in [0.25, 0.3) is 0 Å². The molecule has 0 aliphatic carbocycles. The first kappa shape index (κ1) is 87.2. The molecule has 45 atom stereocenters. The van der Waals surface area contributed by atoms with Crippen molar-refractivity contribution < 1.29 is 228 Å². The Balaban J connectivity index is 0.999. The first-order valence-electron chi connectivity index (χ1n) is 33.7. The Morgan fingerprint density at radius 3 is 0.915 bits per heavy atom. The summed E-state index contributed by atoms with van der Waals surface area (Å²) >= 11 is 0. The van der Waals surface area contributed by atoms with E-state index in [0.717, 1.165) is 13.8 Å². The van der Waals surface area contributed by atoms with Crippen molar-refractivity contribution in [1.82, 2.24) is 10.6 Å². The molecule has 9 heterocycles. The zero-order valence-corrected chi connectivity index (χ0v) is 56.2. The third kappa shape index (κ3) is 18.5. The number of carbonyl (C=O) groups excluding carboxylic acids is 2. The van der Waals surface area contributed by atoms with E-state index in [1.54, 1.807) is 0 Å². The zero-order valence-electron chi connectivity index (χ0n) is 56.2. The minimum atomic E-state index is -2.52. The zero-order chi connectivity index (χ0) is 77.9. The van der Waals surface area contributed by atoms with Crippen LogP contribution >= 0.6 is 0 Å². The largest absolute Gasteiger partial charge is 0.394 e. The number of nitrogens with one attached hydrogen (secondary N) is 2. The molecule has 0 bridgehead atoms. The van der Waals surface area contributed by atoms with Gasteiger partial charge in [0.15, 0.2) is 56.6 Å². The molecule has 9 fully saturated rings. The van der Waals surface area contributed by atoms with Crippen LogP contribution in [0.5, 0.6) is 0 Å². The first-order chi connectivity index (χ1) is 50.2. The molecular formula is C58H98N2O46. The highest BCUT2D eigenvalue weighted by Gasteiger charge is 2.61. The van der Waals surface area contributed by atoms with Crippen LogP contribution in [0, 0.1) is 0 Å². The van der Waals surface area contributed by atoms with Gasteiger partial charge in [-0.05, 0) is 0 Å². The molecule has 9 aliphatic rings. The third-order valence-corrected chi connectivity index (χ3v) is 19.6. The molecule has 0 radical (unpaired) electrons. The van der Waals surface area contributed by atoms with Gasteiger partial charge in [-0.2, -0.15) is 0 Å². The fourth-order valence-electron chi connectivity index (χ4n) is 13.6. The van der Waals surface area contributed by atoms with E-state index in [-0.39, 0.29) is 0 Å². The summed E-state index contributed by atoms with van der Waals surface area (Å²) in [7, 11) is 0. The predicted octanol–water partition coefficient (Wildman–Crippen LogP) is -20.3. The number of rotatable bonds is 27. The Morgan fingerprint density at radius 1 is 0.245 bits per heavy atom. The smallest absolute Gasteiger partial charge is 0.217 e. The second kappa shape index (κ2) is 37.9. The molecule has 0 aromatic carbocycles. The summed E-state index contributed by atoms with van der Waals surface area (Å²) in [6.07, 6.45) is -90.9. The van der Waals surface area contributed by atoms with E-state index in [2.05, 4.69) is 10.6 Å².